The summed E-state index contributed by atoms with van der Waals surface area (Å²) in [5, 5.41) is 0.965. The molecule has 1 aromatic carbocycles. The monoisotopic (exact) mass is 217 g/mol. The fourth-order valence-electron chi connectivity index (χ4n) is 2.14. The van der Waals surface area contributed by atoms with Gasteiger partial charge < -0.3 is 9.30 Å². The molecule has 0 unspecified atom stereocenters. The van der Waals surface area contributed by atoms with E-state index in [1.807, 2.05) is 37.6 Å². The molecule has 0 spiro atoms. The minimum atomic E-state index is 0.750. The molecule has 1 heterocycles. The zero-order valence-electron chi connectivity index (χ0n) is 10.00. The maximum atomic E-state index is 11.1. The fraction of sp³-hybridized carbons (Fsp3) is 0.308. The number of carbonyl (C=O) groups is 1. The third-order valence-corrected chi connectivity index (χ3v) is 3.08. The molecule has 0 N–H and O–H groups in total. The first-order chi connectivity index (χ1) is 7.60. The van der Waals surface area contributed by atoms with Crippen molar-refractivity contribution in [3.05, 3.63) is 29.0 Å². The third kappa shape index (κ3) is 1.32. The van der Waals surface area contributed by atoms with E-state index in [0.717, 1.165) is 39.8 Å². The first-order valence-corrected chi connectivity index (χ1v) is 5.19. The van der Waals surface area contributed by atoms with Crippen molar-refractivity contribution in [3.63, 3.8) is 0 Å². The van der Waals surface area contributed by atoms with E-state index in [-0.39, 0.29) is 0 Å². The molecule has 0 radical (unpaired) electrons. The summed E-state index contributed by atoms with van der Waals surface area (Å²) in [5.41, 5.74) is 3.79. The van der Waals surface area contributed by atoms with Crippen LogP contribution in [0.1, 0.15) is 21.6 Å². The second-order valence-corrected chi connectivity index (χ2v) is 4.04. The van der Waals surface area contributed by atoms with Gasteiger partial charge in [-0.1, -0.05) is 0 Å². The maximum absolute atomic E-state index is 11.1. The van der Waals surface area contributed by atoms with Crippen molar-refractivity contribution in [2.24, 2.45) is 7.05 Å². The van der Waals surface area contributed by atoms with E-state index in [1.54, 1.807) is 7.11 Å². The van der Waals surface area contributed by atoms with Gasteiger partial charge in [-0.25, -0.2) is 0 Å². The Morgan fingerprint density at radius 2 is 2.00 bits per heavy atom. The van der Waals surface area contributed by atoms with Crippen LogP contribution in [0.25, 0.3) is 10.9 Å². The van der Waals surface area contributed by atoms with E-state index in [2.05, 4.69) is 0 Å². The molecule has 0 aliphatic carbocycles. The van der Waals surface area contributed by atoms with Crippen molar-refractivity contribution >= 4 is 17.2 Å². The fourth-order valence-corrected chi connectivity index (χ4v) is 2.14. The van der Waals surface area contributed by atoms with E-state index in [0.29, 0.717) is 0 Å². The Morgan fingerprint density at radius 1 is 1.31 bits per heavy atom. The van der Waals surface area contributed by atoms with Gasteiger partial charge in [-0.05, 0) is 31.5 Å². The molecule has 84 valence electrons. The van der Waals surface area contributed by atoms with E-state index in [9.17, 15) is 4.79 Å². The summed E-state index contributed by atoms with van der Waals surface area (Å²) in [6, 6.07) is 4.00. The number of aldehydes is 1. The normalized spacial score (nSPS) is 10.8. The largest absolute Gasteiger partial charge is 0.495 e. The Hall–Kier alpha value is -1.77. The van der Waals surface area contributed by atoms with Gasteiger partial charge in [0.2, 0.25) is 0 Å². The Kier molecular flexibility index (Phi) is 2.46. The van der Waals surface area contributed by atoms with Crippen molar-refractivity contribution in [3.8, 4) is 5.75 Å². The minimum absolute atomic E-state index is 0.750. The molecule has 1 aromatic heterocycles. The van der Waals surface area contributed by atoms with Gasteiger partial charge in [-0.3, -0.25) is 4.79 Å². The number of rotatable bonds is 2. The second-order valence-electron chi connectivity index (χ2n) is 4.04. The number of ether oxygens (including phenoxy) is 1. The van der Waals surface area contributed by atoms with Crippen molar-refractivity contribution in [1.82, 2.24) is 4.57 Å². The molecule has 3 nitrogen and oxygen atoms in total. The predicted molar refractivity (Wildman–Crippen MR) is 64.3 cm³/mol. The maximum Gasteiger partial charge on any atom is 0.152 e. The van der Waals surface area contributed by atoms with E-state index < -0.39 is 0 Å². The number of aryl methyl sites for hydroxylation is 2. The molecule has 0 saturated carbocycles. The molecular weight excluding hydrogens is 202 g/mol. The van der Waals surface area contributed by atoms with Gasteiger partial charge in [0, 0.05) is 23.7 Å². The molecule has 0 aliphatic heterocycles. The van der Waals surface area contributed by atoms with Crippen LogP contribution in [-0.2, 0) is 7.05 Å². The summed E-state index contributed by atoms with van der Waals surface area (Å²) in [7, 11) is 3.60. The molecule has 16 heavy (non-hydrogen) atoms. The van der Waals surface area contributed by atoms with Crippen LogP contribution in [0.3, 0.4) is 0 Å². The first kappa shape index (κ1) is 10.7. The molecule has 2 rings (SSSR count). The Balaban J connectivity index is 2.99. The number of nitrogens with zero attached hydrogens (tertiary/aromatic N) is 1. The third-order valence-electron chi connectivity index (χ3n) is 3.08. The highest BCUT2D eigenvalue weighted by molar-refractivity contribution is 6.02. The van der Waals surface area contributed by atoms with Gasteiger partial charge in [-0.15, -0.1) is 0 Å². The lowest BCUT2D eigenvalue weighted by atomic mass is 10.1. The van der Waals surface area contributed by atoms with Crippen LogP contribution in [0, 0.1) is 13.8 Å². The predicted octanol–water partition coefficient (Wildman–Crippen LogP) is 2.62. The number of hydrogen-bond acceptors (Lipinski definition) is 2. The molecule has 0 aliphatic rings. The van der Waals surface area contributed by atoms with Crippen molar-refractivity contribution in [2.45, 2.75) is 13.8 Å². The van der Waals surface area contributed by atoms with Gasteiger partial charge in [0.05, 0.1) is 12.6 Å². The van der Waals surface area contributed by atoms with Crippen LogP contribution in [0.2, 0.25) is 0 Å². The van der Waals surface area contributed by atoms with Gasteiger partial charge in [0.1, 0.15) is 5.75 Å². The van der Waals surface area contributed by atoms with Gasteiger partial charge in [0.15, 0.2) is 6.29 Å². The number of carbonyl (C=O) groups excluding carboxylic acids is 1. The zero-order chi connectivity index (χ0) is 11.9. The first-order valence-electron chi connectivity index (χ1n) is 5.19. The molecule has 0 fully saturated rings. The van der Waals surface area contributed by atoms with Crippen LogP contribution < -0.4 is 4.74 Å². The number of aromatic nitrogens is 1. The number of benzene rings is 1. The molecule has 0 bridgehead atoms. The highest BCUT2D eigenvalue weighted by Crippen LogP contribution is 2.32. The number of hydrogen-bond donors (Lipinski definition) is 0. The van der Waals surface area contributed by atoms with E-state index in [4.69, 9.17) is 4.74 Å². The summed E-state index contributed by atoms with van der Waals surface area (Å²) in [6.45, 7) is 3.94. The van der Waals surface area contributed by atoms with Crippen LogP contribution in [0.15, 0.2) is 12.1 Å². The van der Waals surface area contributed by atoms with Crippen LogP contribution in [0.5, 0.6) is 5.75 Å². The topological polar surface area (TPSA) is 31.2 Å². The van der Waals surface area contributed by atoms with Crippen molar-refractivity contribution in [1.29, 1.82) is 0 Å². The van der Waals surface area contributed by atoms with Crippen molar-refractivity contribution in [2.75, 3.05) is 7.11 Å². The Labute approximate surface area is 94.6 Å². The van der Waals surface area contributed by atoms with Crippen molar-refractivity contribution < 1.29 is 9.53 Å². The summed E-state index contributed by atoms with van der Waals surface area (Å²) >= 11 is 0. The van der Waals surface area contributed by atoms with Gasteiger partial charge in [0.25, 0.3) is 0 Å². The van der Waals surface area contributed by atoms with Crippen LogP contribution >= 0.6 is 0 Å². The summed E-state index contributed by atoms with van der Waals surface area (Å²) in [4.78, 5) is 11.1. The van der Waals surface area contributed by atoms with E-state index in [1.165, 1.54) is 0 Å². The molecular formula is C13H15NO2. The number of methoxy groups -OCH3 is 1. The lowest BCUT2D eigenvalue weighted by molar-refractivity contribution is 0.112. The molecule has 0 saturated heterocycles. The highest BCUT2D eigenvalue weighted by Gasteiger charge is 2.15. The SMILES string of the molecule is COc1cc(C)cc2c(C=O)c(C)n(C)c12. The van der Waals surface area contributed by atoms with E-state index >= 15 is 0 Å². The molecule has 3 heteroatoms. The lowest BCUT2D eigenvalue weighted by Crippen LogP contribution is -1.94. The smallest absolute Gasteiger partial charge is 0.152 e. The lowest BCUT2D eigenvalue weighted by Gasteiger charge is -2.06. The zero-order valence-corrected chi connectivity index (χ0v) is 10.00. The Bertz CT molecular complexity index is 567. The highest BCUT2D eigenvalue weighted by atomic mass is 16.5. The van der Waals surface area contributed by atoms with Crippen LogP contribution in [-0.4, -0.2) is 18.0 Å². The number of fused-ring (bicyclic) bond motifs is 1. The second kappa shape index (κ2) is 3.67. The van der Waals surface area contributed by atoms with Gasteiger partial charge >= 0.3 is 0 Å². The van der Waals surface area contributed by atoms with Crippen LogP contribution in [0.4, 0.5) is 0 Å². The van der Waals surface area contributed by atoms with Gasteiger partial charge in [-0.2, -0.15) is 0 Å². The molecule has 0 amide bonds. The molecule has 0 atom stereocenters. The average Bonchev–Trinajstić information content (AvgIpc) is 2.50. The molecule has 2 aromatic rings. The quantitative estimate of drug-likeness (QED) is 0.724. The summed E-state index contributed by atoms with van der Waals surface area (Å²) in [6.07, 6.45) is 0.913. The minimum Gasteiger partial charge on any atom is -0.495 e. The standard InChI is InChI=1S/C13H15NO2/c1-8-5-10-11(7-15)9(2)14(3)13(10)12(6-8)16-4/h5-7H,1-4H3. The Morgan fingerprint density at radius 3 is 2.56 bits per heavy atom. The summed E-state index contributed by atoms with van der Waals surface area (Å²) < 4.78 is 7.36. The summed E-state index contributed by atoms with van der Waals surface area (Å²) in [5.74, 6) is 0.814. The average molecular weight is 217 g/mol.